The molecule has 0 aliphatic carbocycles. The Bertz CT molecular complexity index is 1010. The molecule has 2 aromatic rings. The number of rotatable bonds is 8. The number of carbonyl (C=O) groups is 1. The van der Waals surface area contributed by atoms with Crippen molar-refractivity contribution in [3.8, 4) is 0 Å². The van der Waals surface area contributed by atoms with Gasteiger partial charge in [0.15, 0.2) is 0 Å². The highest BCUT2D eigenvalue weighted by Gasteiger charge is 2.34. The molecule has 0 spiro atoms. The van der Waals surface area contributed by atoms with Crippen molar-refractivity contribution in [2.24, 2.45) is 11.8 Å². The van der Waals surface area contributed by atoms with E-state index in [-0.39, 0.29) is 24.2 Å². The lowest BCUT2D eigenvalue weighted by Gasteiger charge is -2.32. The fourth-order valence-electron chi connectivity index (χ4n) is 4.08. The molecule has 2 aromatic carbocycles. The van der Waals surface area contributed by atoms with Gasteiger partial charge in [0, 0.05) is 28.7 Å². The minimum atomic E-state index is -3.66. The van der Waals surface area contributed by atoms with Crippen LogP contribution in [0.3, 0.4) is 0 Å². The second-order valence-corrected chi connectivity index (χ2v) is 11.5. The molecule has 1 aliphatic heterocycles. The lowest BCUT2D eigenvalue weighted by molar-refractivity contribution is -0.127. The molecule has 1 amide bonds. The maximum atomic E-state index is 13.1. The van der Waals surface area contributed by atoms with Gasteiger partial charge in [-0.25, -0.2) is 12.7 Å². The molecule has 1 fully saturated rings. The third kappa shape index (κ3) is 6.47. The highest BCUT2D eigenvalue weighted by Crippen LogP contribution is 2.29. The van der Waals surface area contributed by atoms with Crippen LogP contribution in [-0.4, -0.2) is 31.7 Å². The topological polar surface area (TPSA) is 66.5 Å². The van der Waals surface area contributed by atoms with Crippen LogP contribution < -0.4 is 5.32 Å². The Morgan fingerprint density at radius 3 is 2.38 bits per heavy atom. The van der Waals surface area contributed by atoms with Gasteiger partial charge < -0.3 is 5.32 Å². The molecule has 2 atom stereocenters. The zero-order valence-electron chi connectivity index (χ0n) is 18.4. The van der Waals surface area contributed by atoms with Crippen molar-refractivity contribution in [2.45, 2.75) is 44.9 Å². The fourth-order valence-corrected chi connectivity index (χ4v) is 6.44. The number of halogens is 2. The third-order valence-corrected chi connectivity index (χ3v) is 8.24. The number of nitrogens with one attached hydrogen (secondary N) is 1. The summed E-state index contributed by atoms with van der Waals surface area (Å²) in [4.78, 5) is 13.1. The molecule has 174 valence electrons. The van der Waals surface area contributed by atoms with Gasteiger partial charge in [-0.3, -0.25) is 4.79 Å². The summed E-state index contributed by atoms with van der Waals surface area (Å²) < 4.78 is 27.6. The molecule has 0 unspecified atom stereocenters. The largest absolute Gasteiger partial charge is 0.349 e. The van der Waals surface area contributed by atoms with Crippen LogP contribution >= 0.6 is 23.2 Å². The Hall–Kier alpha value is -1.60. The van der Waals surface area contributed by atoms with Crippen molar-refractivity contribution in [3.05, 3.63) is 69.7 Å². The first-order valence-corrected chi connectivity index (χ1v) is 13.3. The highest BCUT2D eigenvalue weighted by molar-refractivity contribution is 7.88. The van der Waals surface area contributed by atoms with E-state index in [0.29, 0.717) is 40.9 Å². The molecular formula is C24H30Cl2N2O3S. The van der Waals surface area contributed by atoms with Crippen molar-refractivity contribution in [2.75, 3.05) is 13.1 Å². The summed E-state index contributed by atoms with van der Waals surface area (Å²) in [5.74, 6) is -0.363. The first kappa shape index (κ1) is 25.0. The number of piperidine rings is 1. The Kier molecular flexibility index (Phi) is 8.62. The Morgan fingerprint density at radius 2 is 1.75 bits per heavy atom. The lowest BCUT2D eigenvalue weighted by Crippen LogP contribution is -2.46. The molecule has 5 nitrogen and oxygen atoms in total. The predicted molar refractivity (Wildman–Crippen MR) is 130 cm³/mol. The number of amides is 1. The highest BCUT2D eigenvalue weighted by atomic mass is 35.5. The molecule has 1 N–H and O–H groups in total. The van der Waals surface area contributed by atoms with E-state index in [1.807, 2.05) is 30.3 Å². The molecule has 0 radical (unpaired) electrons. The quantitative estimate of drug-likeness (QED) is 0.528. The molecule has 1 saturated heterocycles. The van der Waals surface area contributed by atoms with Gasteiger partial charge in [-0.05, 0) is 42.9 Å². The third-order valence-electron chi connectivity index (χ3n) is 5.76. The average Bonchev–Trinajstić information content (AvgIpc) is 2.76. The summed E-state index contributed by atoms with van der Waals surface area (Å²) in [7, 11) is -3.66. The minimum absolute atomic E-state index is 0.0994. The van der Waals surface area contributed by atoms with Gasteiger partial charge in [0.25, 0.3) is 0 Å². The van der Waals surface area contributed by atoms with Crippen molar-refractivity contribution in [1.29, 1.82) is 0 Å². The van der Waals surface area contributed by atoms with Crippen LogP contribution in [0.4, 0.5) is 0 Å². The molecule has 0 aromatic heterocycles. The average molecular weight is 497 g/mol. The summed E-state index contributed by atoms with van der Waals surface area (Å²) in [6.45, 7) is 4.80. The summed E-state index contributed by atoms with van der Waals surface area (Å²) in [6, 6.07) is 14.7. The molecule has 0 saturated carbocycles. The molecule has 8 heteroatoms. The number of benzene rings is 2. The minimum Gasteiger partial charge on any atom is -0.349 e. The van der Waals surface area contributed by atoms with Crippen molar-refractivity contribution >= 4 is 39.1 Å². The van der Waals surface area contributed by atoms with Crippen molar-refractivity contribution in [1.82, 2.24) is 9.62 Å². The van der Waals surface area contributed by atoms with Gasteiger partial charge in [0.1, 0.15) is 0 Å². The zero-order chi connectivity index (χ0) is 23.3. The van der Waals surface area contributed by atoms with Crippen LogP contribution in [0.15, 0.2) is 48.5 Å². The molecule has 1 aliphatic rings. The van der Waals surface area contributed by atoms with Crippen LogP contribution in [0, 0.1) is 11.8 Å². The summed E-state index contributed by atoms with van der Waals surface area (Å²) in [6.07, 6.45) is 2.11. The van der Waals surface area contributed by atoms with Gasteiger partial charge >= 0.3 is 0 Å². The smallest absolute Gasteiger partial charge is 0.224 e. The van der Waals surface area contributed by atoms with E-state index >= 15 is 0 Å². The number of sulfonamides is 1. The first-order valence-electron chi connectivity index (χ1n) is 10.9. The van der Waals surface area contributed by atoms with E-state index in [0.717, 1.165) is 12.0 Å². The summed E-state index contributed by atoms with van der Waals surface area (Å²) in [5, 5.41) is 3.82. The Balaban J connectivity index is 1.71. The van der Waals surface area contributed by atoms with Gasteiger partial charge in [0.05, 0.1) is 17.7 Å². The van der Waals surface area contributed by atoms with Gasteiger partial charge in [-0.1, -0.05) is 73.4 Å². The first-order chi connectivity index (χ1) is 15.2. The number of carbonyl (C=O) groups excluding carboxylic acids is 1. The summed E-state index contributed by atoms with van der Waals surface area (Å²) in [5.41, 5.74) is 1.45. The molecular weight excluding hydrogens is 467 g/mol. The molecule has 32 heavy (non-hydrogen) atoms. The van der Waals surface area contributed by atoms with Crippen molar-refractivity contribution in [3.63, 3.8) is 0 Å². The van der Waals surface area contributed by atoms with E-state index in [2.05, 4.69) is 19.2 Å². The Morgan fingerprint density at radius 1 is 1.09 bits per heavy atom. The van der Waals surface area contributed by atoms with Crippen LogP contribution in [0.25, 0.3) is 0 Å². The number of hydrogen-bond donors (Lipinski definition) is 1. The Labute approximate surface area is 201 Å². The second-order valence-electron chi connectivity index (χ2n) is 8.76. The van der Waals surface area contributed by atoms with Crippen LogP contribution in [0.2, 0.25) is 10.0 Å². The van der Waals surface area contributed by atoms with E-state index in [1.54, 1.807) is 18.2 Å². The molecule has 3 rings (SSSR count). The van der Waals surface area contributed by atoms with Gasteiger partial charge in [-0.2, -0.15) is 0 Å². The van der Waals surface area contributed by atoms with Crippen molar-refractivity contribution < 1.29 is 13.2 Å². The monoisotopic (exact) mass is 496 g/mol. The van der Waals surface area contributed by atoms with E-state index < -0.39 is 15.9 Å². The standard InChI is InChI=1S/C24H30Cl2N2O3S/c1-17(2)14-23(18-8-4-3-5-9-18)27-24(29)19-10-7-13-28(15-19)32(30,31)16-20-21(25)11-6-12-22(20)26/h3-6,8-9,11-12,17,19,23H,7,10,13-16H2,1-2H3,(H,27,29)/t19-,23+/m1/s1. The molecule has 0 bridgehead atoms. The van der Waals surface area contributed by atoms with Gasteiger partial charge in [0.2, 0.25) is 15.9 Å². The maximum Gasteiger partial charge on any atom is 0.224 e. The van der Waals surface area contributed by atoms with E-state index in [9.17, 15) is 13.2 Å². The number of nitrogens with zero attached hydrogens (tertiary/aromatic N) is 1. The zero-order valence-corrected chi connectivity index (χ0v) is 20.8. The fraction of sp³-hybridized carbons (Fsp3) is 0.458. The van der Waals surface area contributed by atoms with Crippen LogP contribution in [-0.2, 0) is 20.6 Å². The lowest BCUT2D eigenvalue weighted by atomic mass is 9.94. The van der Waals surface area contributed by atoms with E-state index in [4.69, 9.17) is 23.2 Å². The summed E-state index contributed by atoms with van der Waals surface area (Å²) >= 11 is 12.4. The maximum absolute atomic E-state index is 13.1. The van der Waals surface area contributed by atoms with Gasteiger partial charge in [-0.15, -0.1) is 0 Å². The van der Waals surface area contributed by atoms with Crippen LogP contribution in [0.1, 0.15) is 50.3 Å². The number of hydrogen-bond acceptors (Lipinski definition) is 3. The van der Waals surface area contributed by atoms with E-state index in [1.165, 1.54) is 4.31 Å². The second kappa shape index (κ2) is 11.0. The predicted octanol–water partition coefficient (Wildman–Crippen LogP) is 5.44. The normalized spacial score (nSPS) is 18.5. The SMILES string of the molecule is CC(C)C[C@H](NC(=O)[C@@H]1CCCN(S(=O)(=O)Cc2c(Cl)cccc2Cl)C1)c1ccccc1. The molecule has 1 heterocycles. The van der Waals surface area contributed by atoms with Crippen LogP contribution in [0.5, 0.6) is 0 Å².